The predicted octanol–water partition coefficient (Wildman–Crippen LogP) is 4.62. The Morgan fingerprint density at radius 2 is 1.95 bits per heavy atom. The van der Waals surface area contributed by atoms with Crippen molar-refractivity contribution in [2.24, 2.45) is 4.99 Å². The lowest BCUT2D eigenvalue weighted by atomic mass is 10.2. The van der Waals surface area contributed by atoms with E-state index in [-0.39, 0.29) is 12.4 Å². The molecule has 0 radical (unpaired) electrons. The minimum absolute atomic E-state index is 0. The molecule has 0 atom stereocenters. The molecule has 0 fully saturated rings. The second kappa shape index (κ2) is 8.15. The van der Waals surface area contributed by atoms with E-state index in [0.29, 0.717) is 0 Å². The van der Waals surface area contributed by atoms with Crippen LogP contribution in [0.2, 0.25) is 0 Å². The molecule has 1 aromatic carbocycles. The Morgan fingerprint density at radius 1 is 1.14 bits per heavy atom. The molecule has 0 aliphatic carbocycles. The molecule has 6 heteroatoms. The highest BCUT2D eigenvalue weighted by atomic mass is 35.5. The standard InChI is InChI=1S/C16H19N3OS.ClH/c1-20-13-8-6-12(7-9-13)14-11-21-16(18-14)19-15-5-3-2-4-10-17-15;/h6-9,11H,2-5,10H2,1H3,(H,17,18,19);1H. The summed E-state index contributed by atoms with van der Waals surface area (Å²) < 4.78 is 5.18. The molecular formula is C16H20ClN3OS. The van der Waals surface area contributed by atoms with Gasteiger partial charge in [0.1, 0.15) is 11.6 Å². The van der Waals surface area contributed by atoms with Gasteiger partial charge in [0.05, 0.1) is 12.8 Å². The zero-order valence-corrected chi connectivity index (χ0v) is 14.2. The maximum Gasteiger partial charge on any atom is 0.188 e. The third kappa shape index (κ3) is 4.21. The van der Waals surface area contributed by atoms with Crippen molar-refractivity contribution in [3.63, 3.8) is 0 Å². The predicted molar refractivity (Wildman–Crippen MR) is 95.7 cm³/mol. The summed E-state index contributed by atoms with van der Waals surface area (Å²) in [6.45, 7) is 0.930. The average molecular weight is 338 g/mol. The van der Waals surface area contributed by atoms with E-state index in [4.69, 9.17) is 4.74 Å². The molecule has 0 bridgehead atoms. The molecule has 0 spiro atoms. The van der Waals surface area contributed by atoms with Crippen LogP contribution in [0.4, 0.5) is 5.13 Å². The van der Waals surface area contributed by atoms with E-state index in [0.717, 1.165) is 40.9 Å². The number of aromatic nitrogens is 1. The van der Waals surface area contributed by atoms with Crippen LogP contribution in [0.1, 0.15) is 25.7 Å². The number of halogens is 1. The van der Waals surface area contributed by atoms with Crippen LogP contribution in [0.5, 0.6) is 5.75 Å². The highest BCUT2D eigenvalue weighted by Gasteiger charge is 2.08. The second-order valence-corrected chi connectivity index (χ2v) is 5.89. The monoisotopic (exact) mass is 337 g/mol. The summed E-state index contributed by atoms with van der Waals surface area (Å²) in [5, 5.41) is 6.36. The Labute approximate surface area is 141 Å². The van der Waals surface area contributed by atoms with Gasteiger partial charge in [-0.25, -0.2) is 4.98 Å². The van der Waals surface area contributed by atoms with Crippen molar-refractivity contribution in [2.75, 3.05) is 19.0 Å². The number of rotatable bonds is 3. The summed E-state index contributed by atoms with van der Waals surface area (Å²) in [6.07, 6.45) is 4.70. The van der Waals surface area contributed by atoms with Gasteiger partial charge in [-0.1, -0.05) is 6.42 Å². The van der Waals surface area contributed by atoms with E-state index < -0.39 is 0 Å². The van der Waals surface area contributed by atoms with Crippen molar-refractivity contribution in [1.82, 2.24) is 4.98 Å². The number of methoxy groups -OCH3 is 1. The van der Waals surface area contributed by atoms with E-state index >= 15 is 0 Å². The number of anilines is 1. The number of amidine groups is 1. The smallest absolute Gasteiger partial charge is 0.188 e. The SMILES string of the molecule is COc1ccc(-c2csc(NC3=NCCCCC3)n2)cc1.Cl. The largest absolute Gasteiger partial charge is 0.497 e. The van der Waals surface area contributed by atoms with Crippen molar-refractivity contribution in [3.8, 4) is 17.0 Å². The summed E-state index contributed by atoms with van der Waals surface area (Å²) >= 11 is 1.62. The minimum atomic E-state index is 0. The van der Waals surface area contributed by atoms with E-state index in [1.165, 1.54) is 19.3 Å². The van der Waals surface area contributed by atoms with Crippen molar-refractivity contribution >= 4 is 34.7 Å². The summed E-state index contributed by atoms with van der Waals surface area (Å²) in [6, 6.07) is 7.97. The van der Waals surface area contributed by atoms with Crippen LogP contribution < -0.4 is 10.1 Å². The summed E-state index contributed by atoms with van der Waals surface area (Å²) in [5.41, 5.74) is 2.09. The lowest BCUT2D eigenvalue weighted by Crippen LogP contribution is -2.11. The maximum absolute atomic E-state index is 5.18. The Bertz CT molecular complexity index is 625. The van der Waals surface area contributed by atoms with Gasteiger partial charge in [0, 0.05) is 23.9 Å². The van der Waals surface area contributed by atoms with Crippen LogP contribution in [0.15, 0.2) is 34.6 Å². The molecule has 118 valence electrons. The summed E-state index contributed by atoms with van der Waals surface area (Å²) in [5.74, 6) is 1.93. The van der Waals surface area contributed by atoms with E-state index in [2.05, 4.69) is 20.7 Å². The quantitative estimate of drug-likeness (QED) is 0.888. The van der Waals surface area contributed by atoms with Crippen LogP contribution in [-0.4, -0.2) is 24.5 Å². The van der Waals surface area contributed by atoms with E-state index in [1.807, 2.05) is 24.3 Å². The van der Waals surface area contributed by atoms with Gasteiger partial charge in [-0.05, 0) is 37.1 Å². The fourth-order valence-corrected chi connectivity index (χ4v) is 3.06. The number of thiazole rings is 1. The highest BCUT2D eigenvalue weighted by Crippen LogP contribution is 2.26. The summed E-state index contributed by atoms with van der Waals surface area (Å²) in [4.78, 5) is 9.23. The lowest BCUT2D eigenvalue weighted by molar-refractivity contribution is 0.415. The van der Waals surface area contributed by atoms with Crippen molar-refractivity contribution < 1.29 is 4.74 Å². The number of hydrogen-bond donors (Lipinski definition) is 1. The van der Waals surface area contributed by atoms with Gasteiger partial charge in [0.25, 0.3) is 0 Å². The molecule has 22 heavy (non-hydrogen) atoms. The molecule has 1 aromatic heterocycles. The molecule has 2 aromatic rings. The fourth-order valence-electron chi connectivity index (χ4n) is 2.33. The van der Waals surface area contributed by atoms with Crippen LogP contribution in [0.3, 0.4) is 0 Å². The first kappa shape index (κ1) is 16.8. The molecule has 0 unspecified atom stereocenters. The third-order valence-electron chi connectivity index (χ3n) is 3.52. The van der Waals surface area contributed by atoms with E-state index in [9.17, 15) is 0 Å². The van der Waals surface area contributed by atoms with Gasteiger partial charge >= 0.3 is 0 Å². The van der Waals surface area contributed by atoms with E-state index in [1.54, 1.807) is 18.4 Å². The molecular weight excluding hydrogens is 318 g/mol. The van der Waals surface area contributed by atoms with Gasteiger partial charge in [-0.2, -0.15) is 0 Å². The number of aliphatic imine (C=N–C) groups is 1. The van der Waals surface area contributed by atoms with Crippen molar-refractivity contribution in [3.05, 3.63) is 29.6 Å². The molecule has 2 heterocycles. The highest BCUT2D eigenvalue weighted by molar-refractivity contribution is 7.14. The first-order chi connectivity index (χ1) is 10.3. The average Bonchev–Trinajstić information content (AvgIpc) is 2.83. The van der Waals surface area contributed by atoms with Crippen LogP contribution >= 0.6 is 23.7 Å². The molecule has 3 rings (SSSR count). The molecule has 1 aliphatic rings. The van der Waals surface area contributed by atoms with Gasteiger partial charge in [-0.15, -0.1) is 23.7 Å². The van der Waals surface area contributed by atoms with Crippen LogP contribution in [0.25, 0.3) is 11.3 Å². The Morgan fingerprint density at radius 3 is 2.73 bits per heavy atom. The molecule has 0 saturated heterocycles. The molecule has 0 saturated carbocycles. The first-order valence-electron chi connectivity index (χ1n) is 7.25. The molecule has 0 amide bonds. The first-order valence-corrected chi connectivity index (χ1v) is 8.13. The fraction of sp³-hybridized carbons (Fsp3) is 0.375. The topological polar surface area (TPSA) is 46.5 Å². The summed E-state index contributed by atoms with van der Waals surface area (Å²) in [7, 11) is 1.67. The number of ether oxygens (including phenoxy) is 1. The Hall–Kier alpha value is -1.59. The van der Waals surface area contributed by atoms with Crippen molar-refractivity contribution in [2.45, 2.75) is 25.7 Å². The maximum atomic E-state index is 5.18. The Kier molecular flexibility index (Phi) is 6.21. The molecule has 4 nitrogen and oxygen atoms in total. The van der Waals surface area contributed by atoms with Crippen molar-refractivity contribution in [1.29, 1.82) is 0 Å². The number of benzene rings is 1. The molecule has 1 aliphatic heterocycles. The van der Waals surface area contributed by atoms with Crippen LogP contribution in [-0.2, 0) is 0 Å². The zero-order valence-electron chi connectivity index (χ0n) is 12.5. The van der Waals surface area contributed by atoms with Gasteiger partial charge in [0.2, 0.25) is 0 Å². The lowest BCUT2D eigenvalue weighted by Gasteiger charge is -2.04. The van der Waals surface area contributed by atoms with Gasteiger partial charge in [0.15, 0.2) is 5.13 Å². The normalized spacial score (nSPS) is 14.5. The number of hydrogen-bond acceptors (Lipinski definition) is 5. The van der Waals surface area contributed by atoms with Gasteiger partial charge < -0.3 is 10.1 Å². The second-order valence-electron chi connectivity index (χ2n) is 5.03. The zero-order chi connectivity index (χ0) is 14.5. The third-order valence-corrected chi connectivity index (χ3v) is 4.27. The molecule has 1 N–H and O–H groups in total. The minimum Gasteiger partial charge on any atom is -0.497 e. The van der Waals surface area contributed by atoms with Crippen LogP contribution in [0, 0.1) is 0 Å². The number of nitrogens with zero attached hydrogens (tertiary/aromatic N) is 2. The Balaban J connectivity index is 0.00000176. The van der Waals surface area contributed by atoms with Gasteiger partial charge in [-0.3, -0.25) is 4.99 Å². The number of nitrogens with one attached hydrogen (secondary N) is 1.